The Morgan fingerprint density at radius 1 is 1.33 bits per heavy atom. The van der Waals surface area contributed by atoms with Crippen LogP contribution in [0.15, 0.2) is 30.5 Å². The van der Waals surface area contributed by atoms with Crippen LogP contribution >= 0.6 is 11.6 Å². The molecule has 0 amide bonds. The van der Waals surface area contributed by atoms with Gasteiger partial charge in [0.1, 0.15) is 11.6 Å². The summed E-state index contributed by atoms with van der Waals surface area (Å²) >= 11 is 6.01. The first kappa shape index (κ1) is 15.7. The van der Waals surface area contributed by atoms with Crippen molar-refractivity contribution in [3.63, 3.8) is 0 Å². The first-order valence-electron chi connectivity index (χ1n) is 6.93. The number of anilines is 1. The fourth-order valence-electron chi connectivity index (χ4n) is 2.25. The molecule has 0 fully saturated rings. The van der Waals surface area contributed by atoms with Crippen LogP contribution in [-0.2, 0) is 0 Å². The Morgan fingerprint density at radius 3 is 2.81 bits per heavy atom. The number of pyridine rings is 1. The van der Waals surface area contributed by atoms with Gasteiger partial charge in [-0.05, 0) is 49.7 Å². The van der Waals surface area contributed by atoms with E-state index in [1.54, 1.807) is 12.3 Å². The maximum atomic E-state index is 14.2. The maximum absolute atomic E-state index is 14.2. The molecule has 0 radical (unpaired) electrons. The molecule has 3 nitrogen and oxygen atoms in total. The summed E-state index contributed by atoms with van der Waals surface area (Å²) in [4.78, 5) is 4.17. The average Bonchev–Trinajstić information content (AvgIpc) is 2.46. The first-order chi connectivity index (χ1) is 10.0. The van der Waals surface area contributed by atoms with Gasteiger partial charge in [0.2, 0.25) is 0 Å². The van der Waals surface area contributed by atoms with E-state index in [0.717, 1.165) is 24.1 Å². The van der Waals surface area contributed by atoms with Gasteiger partial charge >= 0.3 is 0 Å². The molecule has 2 rings (SSSR count). The first-order valence-corrected chi connectivity index (χ1v) is 7.31. The van der Waals surface area contributed by atoms with E-state index in [-0.39, 0.29) is 11.9 Å². The van der Waals surface area contributed by atoms with Crippen molar-refractivity contribution >= 4 is 17.4 Å². The monoisotopic (exact) mass is 307 g/mol. The highest BCUT2D eigenvalue weighted by Crippen LogP contribution is 2.30. The maximum Gasteiger partial charge on any atom is 0.128 e. The number of nitrogens with zero attached hydrogens (tertiary/aromatic N) is 1. The Balaban J connectivity index is 2.52. The molecule has 0 saturated heterocycles. The number of nitrogens with two attached hydrogens (primary N) is 1. The molecular weight excluding hydrogens is 289 g/mol. The van der Waals surface area contributed by atoms with Crippen molar-refractivity contribution in [2.45, 2.75) is 26.3 Å². The van der Waals surface area contributed by atoms with Crippen molar-refractivity contribution in [1.29, 1.82) is 0 Å². The van der Waals surface area contributed by atoms with Crippen LogP contribution in [0.2, 0.25) is 5.02 Å². The molecule has 1 heterocycles. The number of halogens is 2. The molecule has 0 aliphatic heterocycles. The average molecular weight is 308 g/mol. The van der Waals surface area contributed by atoms with Gasteiger partial charge in [0.15, 0.2) is 0 Å². The predicted octanol–water partition coefficient (Wildman–Crippen LogP) is 3.85. The van der Waals surface area contributed by atoms with Gasteiger partial charge < -0.3 is 11.1 Å². The summed E-state index contributed by atoms with van der Waals surface area (Å²) in [6.45, 7) is 4.72. The Bertz CT molecular complexity index is 579. The molecule has 2 aromatic rings. The predicted molar refractivity (Wildman–Crippen MR) is 84.9 cm³/mol. The second-order valence-corrected chi connectivity index (χ2v) is 5.48. The number of nitrogen functional groups attached to an aromatic ring is 1. The van der Waals surface area contributed by atoms with Crippen molar-refractivity contribution in [2.24, 2.45) is 0 Å². The van der Waals surface area contributed by atoms with Gasteiger partial charge in [-0.2, -0.15) is 0 Å². The third-order valence-corrected chi connectivity index (χ3v) is 3.50. The highest BCUT2D eigenvalue weighted by molar-refractivity contribution is 6.30. The number of hydrogen-bond acceptors (Lipinski definition) is 3. The van der Waals surface area contributed by atoms with Gasteiger partial charge in [0, 0.05) is 22.3 Å². The van der Waals surface area contributed by atoms with Crippen LogP contribution in [0.5, 0.6) is 0 Å². The largest absolute Gasteiger partial charge is 0.383 e. The third-order valence-electron chi connectivity index (χ3n) is 3.26. The van der Waals surface area contributed by atoms with Gasteiger partial charge in [0.25, 0.3) is 0 Å². The lowest BCUT2D eigenvalue weighted by Gasteiger charge is -2.22. The van der Waals surface area contributed by atoms with E-state index in [2.05, 4.69) is 17.2 Å². The molecule has 0 aliphatic rings. The second kappa shape index (κ2) is 6.87. The summed E-state index contributed by atoms with van der Waals surface area (Å²) in [6.07, 6.45) is 2.63. The molecule has 0 aliphatic carbocycles. The SMILES string of the molecule is CCCNC(c1cc(Cl)ccc1F)c1cc(C)cnc1N. The van der Waals surface area contributed by atoms with Gasteiger partial charge in [-0.1, -0.05) is 18.5 Å². The molecule has 1 aromatic heterocycles. The number of aromatic nitrogens is 1. The minimum absolute atomic E-state index is 0.311. The summed E-state index contributed by atoms with van der Waals surface area (Å²) in [7, 11) is 0. The molecule has 5 heteroatoms. The standard InChI is InChI=1S/C16H19ClFN3/c1-3-6-20-15(12-8-11(17)4-5-14(12)18)13-7-10(2)9-21-16(13)19/h4-5,7-9,15,20H,3,6H2,1-2H3,(H2,19,21). The van der Waals surface area contributed by atoms with E-state index in [4.69, 9.17) is 17.3 Å². The topological polar surface area (TPSA) is 50.9 Å². The smallest absolute Gasteiger partial charge is 0.128 e. The van der Waals surface area contributed by atoms with Crippen molar-refractivity contribution in [1.82, 2.24) is 10.3 Å². The second-order valence-electron chi connectivity index (χ2n) is 5.04. The van der Waals surface area contributed by atoms with E-state index >= 15 is 0 Å². The van der Waals surface area contributed by atoms with Crippen molar-refractivity contribution in [2.75, 3.05) is 12.3 Å². The number of hydrogen-bond donors (Lipinski definition) is 2. The highest BCUT2D eigenvalue weighted by Gasteiger charge is 2.20. The molecule has 112 valence electrons. The molecular formula is C16H19ClFN3. The molecule has 1 unspecified atom stereocenters. The van der Waals surface area contributed by atoms with Crippen LogP contribution < -0.4 is 11.1 Å². The van der Waals surface area contributed by atoms with Gasteiger partial charge in [-0.25, -0.2) is 9.37 Å². The Kier molecular flexibility index (Phi) is 5.15. The molecule has 0 spiro atoms. The normalized spacial score (nSPS) is 12.4. The molecule has 1 atom stereocenters. The van der Waals surface area contributed by atoms with Crippen LogP contribution in [0.4, 0.5) is 10.2 Å². The van der Waals surface area contributed by atoms with E-state index in [9.17, 15) is 4.39 Å². The van der Waals surface area contributed by atoms with E-state index in [0.29, 0.717) is 16.4 Å². The summed E-state index contributed by atoms with van der Waals surface area (Å²) in [5.74, 6) is 0.0856. The summed E-state index contributed by atoms with van der Waals surface area (Å²) in [5.41, 5.74) is 8.21. The molecule has 1 aromatic carbocycles. The number of nitrogens with one attached hydrogen (secondary N) is 1. The van der Waals surface area contributed by atoms with Crippen molar-refractivity contribution in [3.8, 4) is 0 Å². The van der Waals surface area contributed by atoms with Crippen LogP contribution in [-0.4, -0.2) is 11.5 Å². The van der Waals surface area contributed by atoms with Crippen molar-refractivity contribution in [3.05, 3.63) is 58.0 Å². The Morgan fingerprint density at radius 2 is 2.10 bits per heavy atom. The zero-order valence-corrected chi connectivity index (χ0v) is 12.9. The summed E-state index contributed by atoms with van der Waals surface area (Å²) < 4.78 is 14.2. The van der Waals surface area contributed by atoms with Gasteiger partial charge in [-0.3, -0.25) is 0 Å². The van der Waals surface area contributed by atoms with Crippen LogP contribution in [0, 0.1) is 12.7 Å². The van der Waals surface area contributed by atoms with Crippen LogP contribution in [0.25, 0.3) is 0 Å². The van der Waals surface area contributed by atoms with Gasteiger partial charge in [0.05, 0.1) is 6.04 Å². The molecule has 0 bridgehead atoms. The zero-order valence-electron chi connectivity index (χ0n) is 12.2. The fourth-order valence-corrected chi connectivity index (χ4v) is 2.43. The fraction of sp³-hybridized carbons (Fsp3) is 0.312. The van der Waals surface area contributed by atoms with E-state index in [1.165, 1.54) is 12.1 Å². The van der Waals surface area contributed by atoms with Crippen LogP contribution in [0.1, 0.15) is 36.1 Å². The van der Waals surface area contributed by atoms with Crippen molar-refractivity contribution < 1.29 is 4.39 Å². The number of benzene rings is 1. The van der Waals surface area contributed by atoms with Gasteiger partial charge in [-0.15, -0.1) is 0 Å². The Hall–Kier alpha value is -1.65. The molecule has 21 heavy (non-hydrogen) atoms. The minimum atomic E-state index is -0.365. The molecule has 3 N–H and O–H groups in total. The quantitative estimate of drug-likeness (QED) is 0.882. The lowest BCUT2D eigenvalue weighted by Crippen LogP contribution is -2.25. The third kappa shape index (κ3) is 3.71. The van der Waals surface area contributed by atoms with E-state index < -0.39 is 0 Å². The number of rotatable bonds is 5. The summed E-state index contributed by atoms with van der Waals surface area (Å²) in [6, 6.07) is 6.10. The lowest BCUT2D eigenvalue weighted by atomic mass is 9.97. The Labute approximate surface area is 129 Å². The van der Waals surface area contributed by atoms with Crippen LogP contribution in [0.3, 0.4) is 0 Å². The minimum Gasteiger partial charge on any atom is -0.383 e. The molecule has 0 saturated carbocycles. The zero-order chi connectivity index (χ0) is 15.4. The highest BCUT2D eigenvalue weighted by atomic mass is 35.5. The number of aryl methyl sites for hydroxylation is 1. The van der Waals surface area contributed by atoms with E-state index in [1.807, 2.05) is 13.0 Å². The lowest BCUT2D eigenvalue weighted by molar-refractivity contribution is 0.546. The summed E-state index contributed by atoms with van der Waals surface area (Å²) in [5, 5.41) is 3.81.